The number of aliphatic hydroxyl groups is 1. The summed E-state index contributed by atoms with van der Waals surface area (Å²) >= 11 is 0. The monoisotopic (exact) mass is 406 g/mol. The molecular weight excluding hydrogens is 381 g/mol. The highest BCUT2D eigenvalue weighted by molar-refractivity contribution is 5.32. The molecule has 0 amide bonds. The fourth-order valence-corrected chi connectivity index (χ4v) is 4.70. The lowest BCUT2D eigenvalue weighted by atomic mass is 9.77. The molecule has 4 atom stereocenters. The summed E-state index contributed by atoms with van der Waals surface area (Å²) < 4.78 is 38.0. The number of nitrogens with zero attached hydrogens (tertiary/aromatic N) is 3. The summed E-state index contributed by atoms with van der Waals surface area (Å²) in [5.74, 6) is 1.51. The third kappa shape index (κ3) is 5.25. The van der Waals surface area contributed by atoms with E-state index in [1.165, 1.54) is 6.07 Å². The Hall–Kier alpha value is -2.19. The summed E-state index contributed by atoms with van der Waals surface area (Å²) in [7, 11) is 0. The van der Waals surface area contributed by atoms with Crippen molar-refractivity contribution in [2.75, 3.05) is 18.4 Å². The quantitative estimate of drug-likeness (QED) is 0.798. The van der Waals surface area contributed by atoms with Crippen LogP contribution in [0.2, 0.25) is 0 Å². The van der Waals surface area contributed by atoms with Crippen LogP contribution in [-0.2, 0) is 13.0 Å². The van der Waals surface area contributed by atoms with Crippen molar-refractivity contribution in [3.8, 4) is 0 Å². The highest BCUT2D eigenvalue weighted by Gasteiger charge is 2.41. The van der Waals surface area contributed by atoms with Gasteiger partial charge in [0.1, 0.15) is 5.82 Å². The topological polar surface area (TPSA) is 61.3 Å². The minimum absolute atomic E-state index is 0.0667. The summed E-state index contributed by atoms with van der Waals surface area (Å²) in [4.78, 5) is 10.6. The standard InChI is InChI=1S/C21H25F3N4O/c22-21(23,24)9-14-2-1-3-15(6-14)11-28-12-16-7-18(19(29)8-17(16)13-28)27-20-10-25-4-5-26-20/h1-6,10,16-19,29H,7-9,11-13H2,(H,26,27)/t16-,17+,18-,19-/m1/s1. The van der Waals surface area contributed by atoms with Gasteiger partial charge in [0.25, 0.3) is 0 Å². The number of benzene rings is 1. The van der Waals surface area contributed by atoms with E-state index in [0.717, 1.165) is 25.1 Å². The Kier molecular flexibility index (Phi) is 5.74. The van der Waals surface area contributed by atoms with Crippen LogP contribution in [0.3, 0.4) is 0 Å². The molecule has 5 nitrogen and oxygen atoms in total. The maximum Gasteiger partial charge on any atom is 0.393 e. The number of nitrogens with one attached hydrogen (secondary N) is 1. The third-order valence-corrected chi connectivity index (χ3v) is 5.92. The molecule has 2 heterocycles. The van der Waals surface area contributed by atoms with Crippen molar-refractivity contribution in [1.82, 2.24) is 14.9 Å². The van der Waals surface area contributed by atoms with E-state index in [2.05, 4.69) is 20.2 Å². The van der Waals surface area contributed by atoms with Gasteiger partial charge < -0.3 is 10.4 Å². The molecule has 156 valence electrons. The number of hydrogen-bond donors (Lipinski definition) is 2. The van der Waals surface area contributed by atoms with Crippen LogP contribution in [-0.4, -0.2) is 51.4 Å². The first-order chi connectivity index (χ1) is 13.9. The number of hydrogen-bond acceptors (Lipinski definition) is 5. The molecule has 29 heavy (non-hydrogen) atoms. The van der Waals surface area contributed by atoms with Gasteiger partial charge >= 0.3 is 6.18 Å². The lowest BCUT2D eigenvalue weighted by Gasteiger charge is -2.35. The molecule has 1 aromatic carbocycles. The van der Waals surface area contributed by atoms with E-state index >= 15 is 0 Å². The number of aromatic nitrogens is 2. The van der Waals surface area contributed by atoms with Gasteiger partial charge in [-0.15, -0.1) is 0 Å². The Morgan fingerprint density at radius 3 is 2.59 bits per heavy atom. The molecule has 4 rings (SSSR count). The molecule has 1 saturated carbocycles. The molecule has 2 N–H and O–H groups in total. The predicted octanol–water partition coefficient (Wildman–Crippen LogP) is 3.26. The molecule has 0 unspecified atom stereocenters. The average Bonchev–Trinajstić information content (AvgIpc) is 3.02. The molecule has 1 aliphatic heterocycles. The smallest absolute Gasteiger partial charge is 0.391 e. The van der Waals surface area contributed by atoms with Crippen molar-refractivity contribution < 1.29 is 18.3 Å². The fourth-order valence-electron chi connectivity index (χ4n) is 4.70. The van der Waals surface area contributed by atoms with Crippen LogP contribution in [0.1, 0.15) is 24.0 Å². The molecule has 1 saturated heterocycles. The van der Waals surface area contributed by atoms with E-state index in [9.17, 15) is 18.3 Å². The van der Waals surface area contributed by atoms with Gasteiger partial charge in [0.15, 0.2) is 0 Å². The van der Waals surface area contributed by atoms with E-state index in [1.807, 2.05) is 6.07 Å². The van der Waals surface area contributed by atoms with Gasteiger partial charge in [0.05, 0.1) is 24.8 Å². The van der Waals surface area contributed by atoms with Crippen LogP contribution < -0.4 is 5.32 Å². The van der Waals surface area contributed by atoms with Crippen molar-refractivity contribution in [3.05, 3.63) is 54.0 Å². The van der Waals surface area contributed by atoms with E-state index < -0.39 is 18.7 Å². The van der Waals surface area contributed by atoms with Gasteiger partial charge in [-0.2, -0.15) is 13.2 Å². The number of halogens is 3. The van der Waals surface area contributed by atoms with Gasteiger partial charge in [-0.1, -0.05) is 24.3 Å². The molecule has 0 radical (unpaired) electrons. The Bertz CT molecular complexity index is 817. The SMILES string of the molecule is O[C@@H]1C[C@H]2CN(Cc3cccc(CC(F)(F)F)c3)C[C@H]2C[C@H]1Nc1cnccn1. The van der Waals surface area contributed by atoms with E-state index in [4.69, 9.17) is 0 Å². The van der Waals surface area contributed by atoms with Crippen LogP contribution in [0.4, 0.5) is 19.0 Å². The largest absolute Gasteiger partial charge is 0.393 e. The zero-order valence-electron chi connectivity index (χ0n) is 16.0. The zero-order chi connectivity index (χ0) is 20.4. The zero-order valence-corrected chi connectivity index (χ0v) is 16.0. The van der Waals surface area contributed by atoms with Crippen molar-refractivity contribution in [3.63, 3.8) is 0 Å². The average molecular weight is 406 g/mol. The maximum absolute atomic E-state index is 12.7. The summed E-state index contributed by atoms with van der Waals surface area (Å²) in [5.41, 5.74) is 1.20. The molecule has 8 heteroatoms. The van der Waals surface area contributed by atoms with Crippen molar-refractivity contribution in [2.24, 2.45) is 11.8 Å². The van der Waals surface area contributed by atoms with Crippen LogP contribution in [0.25, 0.3) is 0 Å². The number of rotatable bonds is 5. The van der Waals surface area contributed by atoms with Gasteiger partial charge in [-0.25, -0.2) is 4.98 Å². The summed E-state index contributed by atoms with van der Waals surface area (Å²) in [6.07, 6.45) is 0.889. The highest BCUT2D eigenvalue weighted by atomic mass is 19.4. The number of anilines is 1. The van der Waals surface area contributed by atoms with Crippen molar-refractivity contribution in [2.45, 2.75) is 44.1 Å². The van der Waals surface area contributed by atoms with Gasteiger partial charge in [0.2, 0.25) is 0 Å². The summed E-state index contributed by atoms with van der Waals surface area (Å²) in [6, 6.07) is 6.70. The minimum atomic E-state index is -4.19. The molecule has 2 aliphatic rings. The molecule has 2 fully saturated rings. The normalized spacial score (nSPS) is 27.6. The van der Waals surface area contributed by atoms with E-state index in [-0.39, 0.29) is 6.04 Å². The molecule has 1 aromatic heterocycles. The summed E-state index contributed by atoms with van der Waals surface area (Å²) in [5, 5.41) is 13.9. The first-order valence-corrected chi connectivity index (χ1v) is 9.93. The van der Waals surface area contributed by atoms with Gasteiger partial charge in [-0.3, -0.25) is 9.88 Å². The molecule has 0 spiro atoms. The van der Waals surface area contributed by atoms with Crippen LogP contribution in [0.5, 0.6) is 0 Å². The third-order valence-electron chi connectivity index (χ3n) is 5.92. The summed E-state index contributed by atoms with van der Waals surface area (Å²) in [6.45, 7) is 2.39. The van der Waals surface area contributed by atoms with Crippen molar-refractivity contribution in [1.29, 1.82) is 0 Å². The molecule has 0 bridgehead atoms. The van der Waals surface area contributed by atoms with E-state index in [1.54, 1.807) is 30.7 Å². The number of likely N-dealkylation sites (tertiary alicyclic amines) is 1. The molecular formula is C21H25F3N4O. The Labute approximate surface area is 168 Å². The number of alkyl halides is 3. The second-order valence-electron chi connectivity index (χ2n) is 8.21. The van der Waals surface area contributed by atoms with Gasteiger partial charge in [0, 0.05) is 32.0 Å². The lowest BCUT2D eigenvalue weighted by molar-refractivity contribution is -0.127. The Morgan fingerprint density at radius 1 is 1.10 bits per heavy atom. The number of fused-ring (bicyclic) bond motifs is 1. The highest BCUT2D eigenvalue weighted by Crippen LogP contribution is 2.38. The van der Waals surface area contributed by atoms with Crippen LogP contribution in [0, 0.1) is 11.8 Å². The first kappa shape index (κ1) is 20.1. The maximum atomic E-state index is 12.7. The molecule has 2 aromatic rings. The minimum Gasteiger partial charge on any atom is -0.391 e. The lowest BCUT2D eigenvalue weighted by Crippen LogP contribution is -2.43. The second-order valence-corrected chi connectivity index (χ2v) is 8.21. The first-order valence-electron chi connectivity index (χ1n) is 9.93. The van der Waals surface area contributed by atoms with Crippen LogP contribution >= 0.6 is 0 Å². The van der Waals surface area contributed by atoms with Crippen LogP contribution in [0.15, 0.2) is 42.9 Å². The molecule has 1 aliphatic carbocycles. The Morgan fingerprint density at radius 2 is 1.86 bits per heavy atom. The predicted molar refractivity (Wildman–Crippen MR) is 103 cm³/mol. The van der Waals surface area contributed by atoms with E-state index in [0.29, 0.717) is 36.2 Å². The van der Waals surface area contributed by atoms with Crippen molar-refractivity contribution >= 4 is 5.82 Å². The fraction of sp³-hybridized carbons (Fsp3) is 0.524. The second kappa shape index (κ2) is 8.28. The number of aliphatic hydroxyl groups excluding tert-OH is 1. The Balaban J connectivity index is 1.36. The van der Waals surface area contributed by atoms with Gasteiger partial charge in [-0.05, 0) is 35.8 Å².